The van der Waals surface area contributed by atoms with Crippen molar-refractivity contribution < 1.29 is 28.7 Å². The number of para-hydroxylation sites is 1. The Morgan fingerprint density at radius 3 is 1.88 bits per heavy atom. The number of urea groups is 1. The molecule has 1 fully saturated rings. The molecule has 0 saturated carbocycles. The van der Waals surface area contributed by atoms with E-state index in [9.17, 15) is 28.8 Å². The number of esters is 1. The minimum atomic E-state index is -2.10. The first-order valence-corrected chi connectivity index (χ1v) is 21.3. The molecule has 1 aliphatic rings. The highest BCUT2D eigenvalue weighted by molar-refractivity contribution is 6.34. The number of H-pyrrole nitrogens is 1. The van der Waals surface area contributed by atoms with Crippen LogP contribution in [0.5, 0.6) is 0 Å². The number of rotatable bonds is 23. The van der Waals surface area contributed by atoms with Crippen LogP contribution in [0.15, 0.2) is 83.7 Å². The second-order valence-electron chi connectivity index (χ2n) is 15.6. The van der Waals surface area contributed by atoms with E-state index in [0.29, 0.717) is 22.6 Å². The molecule has 3 N–H and O–H groups in total. The van der Waals surface area contributed by atoms with Crippen molar-refractivity contribution in [1.29, 1.82) is 0 Å². The summed E-state index contributed by atoms with van der Waals surface area (Å²) in [5.41, 5.74) is -1.37. The van der Waals surface area contributed by atoms with E-state index >= 15 is 0 Å². The second kappa shape index (κ2) is 21.5. The van der Waals surface area contributed by atoms with Crippen LogP contribution in [0.3, 0.4) is 0 Å². The molecule has 13 heteroatoms. The molecule has 4 aromatic rings. The molecule has 1 saturated heterocycles. The predicted molar refractivity (Wildman–Crippen MR) is 230 cm³/mol. The van der Waals surface area contributed by atoms with E-state index in [2.05, 4.69) is 22.5 Å². The minimum Gasteiger partial charge on any atom is -0.462 e. The van der Waals surface area contributed by atoms with Crippen LogP contribution in [-0.4, -0.2) is 62.2 Å². The quantitative estimate of drug-likeness (QED) is 0.0221. The standard InChI is InChI=1S/C46H56ClN5O7/c1-4-5-6-7-8-9-10-11-12-13-14-15-16-23-30-59-42(55)33-28-29-35(47)36(31-33)48-41(54)39(52-43(56)46(2,3)50-45(52)58)40(53)37-38(32-24-19-17-20-25-32)51(44(57)49-37)34-26-21-18-22-27-34/h17-22,24-29,31,39H,4-16,23,30H2,1-3H3,(H,48,54)(H,49,57)(H,50,58). The number of halogens is 1. The zero-order valence-corrected chi connectivity index (χ0v) is 35.1. The molecule has 1 atom stereocenters. The van der Waals surface area contributed by atoms with Gasteiger partial charge < -0.3 is 20.4 Å². The van der Waals surface area contributed by atoms with E-state index in [1.165, 1.54) is 101 Å². The van der Waals surface area contributed by atoms with Crippen LogP contribution in [0.2, 0.25) is 5.02 Å². The number of Topliss-reactive ketones (excluding diaryl/α,β-unsaturated/α-hetero) is 1. The van der Waals surface area contributed by atoms with E-state index in [1.54, 1.807) is 60.7 Å². The van der Waals surface area contributed by atoms with Gasteiger partial charge in [-0.3, -0.25) is 19.0 Å². The van der Waals surface area contributed by atoms with Gasteiger partial charge in [-0.05, 0) is 50.6 Å². The number of hydrogen-bond acceptors (Lipinski definition) is 7. The van der Waals surface area contributed by atoms with Crippen molar-refractivity contribution in [2.45, 2.75) is 122 Å². The number of carbonyl (C=O) groups excluding carboxylic acids is 5. The van der Waals surface area contributed by atoms with Crippen LogP contribution in [0.25, 0.3) is 16.9 Å². The van der Waals surface area contributed by atoms with Gasteiger partial charge in [0.15, 0.2) is 6.04 Å². The molecule has 1 aliphatic heterocycles. The normalized spacial score (nSPS) is 13.9. The molecule has 1 unspecified atom stereocenters. The van der Waals surface area contributed by atoms with E-state index in [4.69, 9.17) is 16.3 Å². The number of ketones is 1. The van der Waals surface area contributed by atoms with E-state index in [-0.39, 0.29) is 34.3 Å². The Hall–Kier alpha value is -5.49. The van der Waals surface area contributed by atoms with Gasteiger partial charge in [0, 0.05) is 5.56 Å². The number of aromatic amines is 1. The van der Waals surface area contributed by atoms with Gasteiger partial charge in [0.1, 0.15) is 11.2 Å². The number of amides is 4. The maximum Gasteiger partial charge on any atom is 0.338 e. The van der Waals surface area contributed by atoms with Crippen molar-refractivity contribution >= 4 is 46.9 Å². The number of imidazole rings is 1. The van der Waals surface area contributed by atoms with E-state index in [0.717, 1.165) is 19.3 Å². The zero-order valence-electron chi connectivity index (χ0n) is 34.3. The molecule has 1 aromatic heterocycles. The molecule has 59 heavy (non-hydrogen) atoms. The Morgan fingerprint density at radius 1 is 0.763 bits per heavy atom. The Balaban J connectivity index is 1.27. The summed E-state index contributed by atoms with van der Waals surface area (Å²) in [6.45, 7) is 5.36. The van der Waals surface area contributed by atoms with Crippen LogP contribution >= 0.6 is 11.6 Å². The van der Waals surface area contributed by atoms with Gasteiger partial charge in [0.05, 0.1) is 34.3 Å². The van der Waals surface area contributed by atoms with E-state index < -0.39 is 46.9 Å². The number of nitrogens with one attached hydrogen (secondary N) is 3. The maximum atomic E-state index is 14.7. The fourth-order valence-corrected chi connectivity index (χ4v) is 7.46. The monoisotopic (exact) mass is 825 g/mol. The fourth-order valence-electron chi connectivity index (χ4n) is 7.30. The van der Waals surface area contributed by atoms with Gasteiger partial charge in [-0.2, -0.15) is 0 Å². The highest BCUT2D eigenvalue weighted by atomic mass is 35.5. The smallest absolute Gasteiger partial charge is 0.338 e. The summed E-state index contributed by atoms with van der Waals surface area (Å²) >= 11 is 6.49. The first kappa shape index (κ1) is 44.6. The lowest BCUT2D eigenvalue weighted by Gasteiger charge is -2.24. The third kappa shape index (κ3) is 11.6. The van der Waals surface area contributed by atoms with Crippen LogP contribution in [0.1, 0.15) is 132 Å². The lowest BCUT2D eigenvalue weighted by Crippen LogP contribution is -2.53. The first-order chi connectivity index (χ1) is 28.4. The third-order valence-electron chi connectivity index (χ3n) is 10.5. The van der Waals surface area contributed by atoms with Gasteiger partial charge in [-0.1, -0.05) is 151 Å². The summed E-state index contributed by atoms with van der Waals surface area (Å²) in [7, 11) is 0. The SMILES string of the molecule is CCCCCCCCCCCCCCCCOC(=O)c1ccc(Cl)c(NC(=O)C(C(=O)c2[nH]c(=O)n(-c3ccccc3)c2-c2ccccc2)N2C(=O)NC(C)(C)C2=O)c1. The second-order valence-corrected chi connectivity index (χ2v) is 16.0. The number of unbranched alkanes of at least 4 members (excludes halogenated alkanes) is 13. The van der Waals surface area contributed by atoms with Crippen molar-refractivity contribution in [3.8, 4) is 16.9 Å². The molecular formula is C46H56ClN5O7. The number of aromatic nitrogens is 2. The number of carbonyl (C=O) groups is 5. The summed E-state index contributed by atoms with van der Waals surface area (Å²) in [5.74, 6) is -3.59. The maximum absolute atomic E-state index is 14.7. The average molecular weight is 826 g/mol. The summed E-state index contributed by atoms with van der Waals surface area (Å²) < 4.78 is 6.82. The molecule has 2 heterocycles. The lowest BCUT2D eigenvalue weighted by molar-refractivity contribution is -0.134. The number of imide groups is 1. The average Bonchev–Trinajstić information content (AvgIpc) is 3.68. The third-order valence-corrected chi connectivity index (χ3v) is 10.9. The molecule has 3 aromatic carbocycles. The number of anilines is 1. The van der Waals surface area contributed by atoms with Gasteiger partial charge in [0.25, 0.3) is 11.8 Å². The molecule has 314 valence electrons. The summed E-state index contributed by atoms with van der Waals surface area (Å²) in [6, 6.07) is 18.3. The Kier molecular flexibility index (Phi) is 16.3. The Morgan fingerprint density at radius 2 is 1.32 bits per heavy atom. The van der Waals surface area contributed by atoms with Gasteiger partial charge in [0.2, 0.25) is 5.78 Å². The molecule has 0 aliphatic carbocycles. The summed E-state index contributed by atoms with van der Waals surface area (Å²) in [4.78, 5) is 85.8. The number of nitrogens with zero attached hydrogens (tertiary/aromatic N) is 2. The lowest BCUT2D eigenvalue weighted by atomic mass is 10.00. The van der Waals surface area contributed by atoms with Crippen molar-refractivity contribution in [3.05, 3.63) is 106 Å². The topological polar surface area (TPSA) is 160 Å². The zero-order chi connectivity index (χ0) is 42.4. The fraction of sp³-hybridized carbons (Fsp3) is 0.435. The van der Waals surface area contributed by atoms with Crippen LogP contribution < -0.4 is 16.3 Å². The largest absolute Gasteiger partial charge is 0.462 e. The summed E-state index contributed by atoms with van der Waals surface area (Å²) in [6.07, 6.45) is 16.9. The first-order valence-electron chi connectivity index (χ1n) is 20.9. The predicted octanol–water partition coefficient (Wildman–Crippen LogP) is 9.64. The Labute approximate surface area is 351 Å². The molecule has 0 spiro atoms. The van der Waals surface area contributed by atoms with Crippen molar-refractivity contribution in [2.24, 2.45) is 0 Å². The van der Waals surface area contributed by atoms with Crippen LogP contribution in [-0.2, 0) is 14.3 Å². The number of hydrogen-bond donors (Lipinski definition) is 3. The summed E-state index contributed by atoms with van der Waals surface area (Å²) in [5, 5.41) is 5.11. The molecule has 12 nitrogen and oxygen atoms in total. The van der Waals surface area contributed by atoms with Gasteiger partial charge >= 0.3 is 17.7 Å². The van der Waals surface area contributed by atoms with Gasteiger partial charge in [-0.15, -0.1) is 0 Å². The van der Waals surface area contributed by atoms with Crippen LogP contribution in [0, 0.1) is 0 Å². The van der Waals surface area contributed by atoms with Crippen molar-refractivity contribution in [2.75, 3.05) is 11.9 Å². The molecule has 0 radical (unpaired) electrons. The van der Waals surface area contributed by atoms with E-state index in [1.807, 2.05) is 0 Å². The minimum absolute atomic E-state index is 0.0271. The molecule has 0 bridgehead atoms. The van der Waals surface area contributed by atoms with Crippen LogP contribution in [0.4, 0.5) is 10.5 Å². The Bertz CT molecular complexity index is 2130. The number of ether oxygens (including phenoxy) is 1. The highest BCUT2D eigenvalue weighted by Gasteiger charge is 2.52. The molecular weight excluding hydrogens is 770 g/mol. The highest BCUT2D eigenvalue weighted by Crippen LogP contribution is 2.30. The van der Waals surface area contributed by atoms with Crippen molar-refractivity contribution in [3.63, 3.8) is 0 Å². The van der Waals surface area contributed by atoms with Crippen molar-refractivity contribution in [1.82, 2.24) is 19.8 Å². The van der Waals surface area contributed by atoms with Gasteiger partial charge in [-0.25, -0.2) is 19.3 Å². The molecule has 5 rings (SSSR count). The molecule has 4 amide bonds. The number of benzene rings is 3.